The summed E-state index contributed by atoms with van der Waals surface area (Å²) in [5.41, 5.74) is 1.50. The van der Waals surface area contributed by atoms with Crippen LogP contribution in [0.1, 0.15) is 33.6 Å². The first-order valence-corrected chi connectivity index (χ1v) is 6.28. The van der Waals surface area contributed by atoms with Crippen LogP contribution in [0.4, 0.5) is 0 Å². The molecule has 1 aliphatic rings. The molecule has 2 atom stereocenters. The maximum Gasteiger partial charge on any atom is 0.223 e. The molecule has 94 valence electrons. The first-order valence-electron chi connectivity index (χ1n) is 6.28. The Morgan fingerprint density at radius 3 is 2.88 bits per heavy atom. The van der Waals surface area contributed by atoms with E-state index in [1.54, 1.807) is 18.0 Å². The number of carbonyl (C=O) groups excluding carboxylic acids is 1. The van der Waals surface area contributed by atoms with Gasteiger partial charge in [0.25, 0.3) is 0 Å². The Morgan fingerprint density at radius 1 is 1.65 bits per heavy atom. The average molecular weight is 233 g/mol. The van der Waals surface area contributed by atoms with Gasteiger partial charge in [0.15, 0.2) is 0 Å². The molecular weight excluding hydrogens is 210 g/mol. The predicted octanol–water partition coefficient (Wildman–Crippen LogP) is 3.53. The Labute approximate surface area is 105 Å². The van der Waals surface area contributed by atoms with Crippen LogP contribution < -0.4 is 0 Å². The zero-order valence-corrected chi connectivity index (χ0v) is 11.1. The molecule has 0 aromatic heterocycles. The summed E-state index contributed by atoms with van der Waals surface area (Å²) in [7, 11) is 0. The zero-order chi connectivity index (χ0) is 12.8. The van der Waals surface area contributed by atoms with Gasteiger partial charge in [-0.15, -0.1) is 0 Å². The third kappa shape index (κ3) is 4.22. The molecule has 0 bridgehead atoms. The van der Waals surface area contributed by atoms with Gasteiger partial charge < -0.3 is 4.90 Å². The number of nitrogens with zero attached hydrogens (tertiary/aromatic N) is 1. The van der Waals surface area contributed by atoms with Crippen molar-refractivity contribution in [2.75, 3.05) is 6.54 Å². The SMILES string of the molecule is C=CN(C/C=C\C1CCC(C)=CC1C)C(C)=O. The quantitative estimate of drug-likeness (QED) is 0.680. The van der Waals surface area contributed by atoms with Crippen molar-refractivity contribution < 1.29 is 4.79 Å². The summed E-state index contributed by atoms with van der Waals surface area (Å²) < 4.78 is 0. The number of hydrogen-bond acceptors (Lipinski definition) is 1. The Kier molecular flexibility index (Phi) is 5.20. The Balaban J connectivity index is 2.49. The predicted molar refractivity (Wildman–Crippen MR) is 72.4 cm³/mol. The minimum atomic E-state index is 0.0390. The molecule has 17 heavy (non-hydrogen) atoms. The van der Waals surface area contributed by atoms with E-state index in [2.05, 4.69) is 38.7 Å². The molecule has 0 spiro atoms. The van der Waals surface area contributed by atoms with Crippen molar-refractivity contribution in [1.82, 2.24) is 4.90 Å². The smallest absolute Gasteiger partial charge is 0.223 e. The van der Waals surface area contributed by atoms with Crippen molar-refractivity contribution >= 4 is 5.91 Å². The number of hydrogen-bond donors (Lipinski definition) is 0. The third-order valence-electron chi connectivity index (χ3n) is 3.41. The molecule has 0 fully saturated rings. The monoisotopic (exact) mass is 233 g/mol. The zero-order valence-electron chi connectivity index (χ0n) is 11.1. The summed E-state index contributed by atoms with van der Waals surface area (Å²) in [5, 5.41) is 0. The normalized spacial score (nSPS) is 24.5. The highest BCUT2D eigenvalue weighted by molar-refractivity contribution is 5.74. The van der Waals surface area contributed by atoms with E-state index in [4.69, 9.17) is 0 Å². The van der Waals surface area contributed by atoms with Crippen LogP contribution in [0.15, 0.2) is 36.6 Å². The van der Waals surface area contributed by atoms with Crippen molar-refractivity contribution in [3.63, 3.8) is 0 Å². The second-order valence-corrected chi connectivity index (χ2v) is 4.86. The van der Waals surface area contributed by atoms with Gasteiger partial charge in [-0.2, -0.15) is 0 Å². The van der Waals surface area contributed by atoms with Crippen molar-refractivity contribution in [3.8, 4) is 0 Å². The number of rotatable bonds is 4. The van der Waals surface area contributed by atoms with Crippen LogP contribution >= 0.6 is 0 Å². The van der Waals surface area contributed by atoms with E-state index >= 15 is 0 Å². The van der Waals surface area contributed by atoms with Crippen molar-refractivity contribution in [2.24, 2.45) is 11.8 Å². The highest BCUT2D eigenvalue weighted by Gasteiger charge is 2.16. The van der Waals surface area contributed by atoms with E-state index in [-0.39, 0.29) is 5.91 Å². The van der Waals surface area contributed by atoms with E-state index in [1.807, 2.05) is 0 Å². The molecule has 2 unspecified atom stereocenters. The number of amides is 1. The highest BCUT2D eigenvalue weighted by atomic mass is 16.2. The lowest BCUT2D eigenvalue weighted by atomic mass is 9.82. The molecule has 0 N–H and O–H groups in total. The van der Waals surface area contributed by atoms with Crippen LogP contribution in [0.5, 0.6) is 0 Å². The van der Waals surface area contributed by atoms with Gasteiger partial charge in [0.1, 0.15) is 0 Å². The van der Waals surface area contributed by atoms with Crippen LogP contribution in [0.3, 0.4) is 0 Å². The van der Waals surface area contributed by atoms with Crippen LogP contribution in [-0.4, -0.2) is 17.4 Å². The summed E-state index contributed by atoms with van der Waals surface area (Å²) in [4.78, 5) is 12.8. The maximum atomic E-state index is 11.2. The molecule has 2 nitrogen and oxygen atoms in total. The second-order valence-electron chi connectivity index (χ2n) is 4.86. The number of carbonyl (C=O) groups is 1. The molecule has 0 saturated heterocycles. The summed E-state index contributed by atoms with van der Waals surface area (Å²) >= 11 is 0. The fourth-order valence-electron chi connectivity index (χ4n) is 2.27. The fourth-order valence-corrected chi connectivity index (χ4v) is 2.27. The molecular formula is C15H23NO. The van der Waals surface area contributed by atoms with Crippen molar-refractivity contribution in [1.29, 1.82) is 0 Å². The molecule has 2 heteroatoms. The first kappa shape index (κ1) is 13.8. The third-order valence-corrected chi connectivity index (χ3v) is 3.41. The van der Waals surface area contributed by atoms with E-state index < -0.39 is 0 Å². The van der Waals surface area contributed by atoms with Crippen molar-refractivity contribution in [2.45, 2.75) is 33.6 Å². The molecule has 1 aliphatic carbocycles. The molecule has 0 aliphatic heterocycles. The lowest BCUT2D eigenvalue weighted by Gasteiger charge is -2.24. The molecule has 1 amide bonds. The lowest BCUT2D eigenvalue weighted by molar-refractivity contribution is -0.125. The Bertz CT molecular complexity index is 341. The summed E-state index contributed by atoms with van der Waals surface area (Å²) in [6.45, 7) is 10.3. The summed E-state index contributed by atoms with van der Waals surface area (Å²) in [6.07, 6.45) is 10.7. The summed E-state index contributed by atoms with van der Waals surface area (Å²) in [6, 6.07) is 0. The van der Waals surface area contributed by atoms with Gasteiger partial charge in [0.05, 0.1) is 0 Å². The van der Waals surface area contributed by atoms with Gasteiger partial charge in [-0.1, -0.05) is 37.3 Å². The highest BCUT2D eigenvalue weighted by Crippen LogP contribution is 2.29. The van der Waals surface area contributed by atoms with Gasteiger partial charge in [-0.25, -0.2) is 0 Å². The van der Waals surface area contributed by atoms with Gasteiger partial charge >= 0.3 is 0 Å². The van der Waals surface area contributed by atoms with Gasteiger partial charge in [-0.05, 0) is 37.8 Å². The van der Waals surface area contributed by atoms with Crippen LogP contribution in [-0.2, 0) is 4.79 Å². The van der Waals surface area contributed by atoms with E-state index in [1.165, 1.54) is 18.4 Å². The van der Waals surface area contributed by atoms with E-state index in [0.717, 1.165) is 0 Å². The largest absolute Gasteiger partial charge is 0.316 e. The van der Waals surface area contributed by atoms with E-state index in [0.29, 0.717) is 18.4 Å². The van der Waals surface area contributed by atoms with E-state index in [9.17, 15) is 4.79 Å². The van der Waals surface area contributed by atoms with Gasteiger partial charge in [-0.3, -0.25) is 4.79 Å². The molecule has 0 saturated carbocycles. The molecule has 0 heterocycles. The lowest BCUT2D eigenvalue weighted by Crippen LogP contribution is -2.22. The van der Waals surface area contributed by atoms with Crippen molar-refractivity contribution in [3.05, 3.63) is 36.6 Å². The minimum Gasteiger partial charge on any atom is -0.316 e. The molecule has 0 aromatic rings. The Hall–Kier alpha value is -1.31. The number of allylic oxidation sites excluding steroid dienone is 3. The molecule has 0 radical (unpaired) electrons. The Morgan fingerprint density at radius 2 is 2.35 bits per heavy atom. The topological polar surface area (TPSA) is 20.3 Å². The van der Waals surface area contributed by atoms with Gasteiger partial charge in [0.2, 0.25) is 5.91 Å². The van der Waals surface area contributed by atoms with Crippen LogP contribution in [0.25, 0.3) is 0 Å². The molecule has 0 aromatic carbocycles. The minimum absolute atomic E-state index is 0.0390. The average Bonchev–Trinajstić information content (AvgIpc) is 2.26. The fraction of sp³-hybridized carbons (Fsp3) is 0.533. The van der Waals surface area contributed by atoms with Crippen LogP contribution in [0.2, 0.25) is 0 Å². The molecule has 1 rings (SSSR count). The second kappa shape index (κ2) is 6.43. The maximum absolute atomic E-state index is 11.2. The standard InChI is InChI=1S/C15H23NO/c1-5-16(14(4)17)10-6-7-15-9-8-12(2)11-13(15)3/h5-7,11,13,15H,1,8-10H2,2-4H3/b7-6-. The first-order chi connectivity index (χ1) is 8.04. The van der Waals surface area contributed by atoms with Crippen LogP contribution in [0, 0.1) is 11.8 Å². The van der Waals surface area contributed by atoms with Gasteiger partial charge in [0, 0.05) is 13.5 Å². The summed E-state index contributed by atoms with van der Waals surface area (Å²) in [5.74, 6) is 1.25.